The molecule has 1 rings (SSSR count). The van der Waals surface area contributed by atoms with E-state index in [1.54, 1.807) is 19.9 Å². The summed E-state index contributed by atoms with van der Waals surface area (Å²) in [6, 6.07) is 1.71. The lowest BCUT2D eigenvalue weighted by Gasteiger charge is -2.06. The second kappa shape index (κ2) is 2.66. The normalized spacial score (nSPS) is 10.1. The van der Waals surface area contributed by atoms with Crippen LogP contribution >= 0.6 is 12.6 Å². The Morgan fingerprint density at radius 3 is 1.82 bits per heavy atom. The van der Waals surface area contributed by atoms with E-state index in [9.17, 15) is 10.2 Å². The van der Waals surface area contributed by atoms with Crippen LogP contribution in [0, 0.1) is 13.8 Å². The molecule has 0 aromatic heterocycles. The van der Waals surface area contributed by atoms with Crippen molar-refractivity contribution >= 4 is 12.6 Å². The van der Waals surface area contributed by atoms with Crippen LogP contribution in [0.2, 0.25) is 0 Å². The fourth-order valence-electron chi connectivity index (χ4n) is 0.947. The SMILES string of the molecule is Cc1cc(C)c(O)c(S)c1O. The lowest BCUT2D eigenvalue weighted by atomic mass is 10.1. The molecule has 0 aliphatic rings. The number of benzene rings is 1. The van der Waals surface area contributed by atoms with E-state index < -0.39 is 0 Å². The highest BCUT2D eigenvalue weighted by Crippen LogP contribution is 2.35. The monoisotopic (exact) mass is 170 g/mol. The fourth-order valence-corrected chi connectivity index (χ4v) is 1.30. The van der Waals surface area contributed by atoms with Gasteiger partial charge in [0, 0.05) is 0 Å². The van der Waals surface area contributed by atoms with E-state index in [1.807, 2.05) is 0 Å². The molecule has 1 aromatic rings. The van der Waals surface area contributed by atoms with E-state index in [4.69, 9.17) is 0 Å². The Hall–Kier alpha value is -0.830. The van der Waals surface area contributed by atoms with Gasteiger partial charge in [-0.05, 0) is 31.0 Å². The van der Waals surface area contributed by atoms with Gasteiger partial charge >= 0.3 is 0 Å². The molecule has 3 heteroatoms. The predicted molar refractivity (Wildman–Crippen MR) is 46.5 cm³/mol. The molecule has 0 aliphatic carbocycles. The van der Waals surface area contributed by atoms with Crippen LogP contribution < -0.4 is 0 Å². The topological polar surface area (TPSA) is 40.5 Å². The van der Waals surface area contributed by atoms with Gasteiger partial charge < -0.3 is 10.2 Å². The van der Waals surface area contributed by atoms with Crippen LogP contribution in [0.3, 0.4) is 0 Å². The molecule has 2 N–H and O–H groups in total. The van der Waals surface area contributed by atoms with E-state index in [-0.39, 0.29) is 16.4 Å². The first-order valence-corrected chi connectivity index (χ1v) is 3.70. The van der Waals surface area contributed by atoms with Crippen LogP contribution in [0.5, 0.6) is 11.5 Å². The Kier molecular flexibility index (Phi) is 2.00. The molecule has 0 radical (unpaired) electrons. The molecule has 2 nitrogen and oxygen atoms in total. The Bertz CT molecular complexity index is 268. The number of phenolic OH excluding ortho intramolecular Hbond substituents is 2. The molecule has 0 heterocycles. The average Bonchev–Trinajstić information content (AvgIpc) is 1.97. The van der Waals surface area contributed by atoms with Crippen LogP contribution in [-0.2, 0) is 0 Å². The number of aryl methyl sites for hydroxylation is 2. The van der Waals surface area contributed by atoms with Gasteiger partial charge in [-0.15, -0.1) is 12.6 Å². The van der Waals surface area contributed by atoms with Gasteiger partial charge in [-0.1, -0.05) is 0 Å². The van der Waals surface area contributed by atoms with Crippen molar-refractivity contribution in [3.8, 4) is 11.5 Å². The van der Waals surface area contributed by atoms with Gasteiger partial charge in [-0.2, -0.15) is 0 Å². The van der Waals surface area contributed by atoms with Crippen LogP contribution in [0.4, 0.5) is 0 Å². The molecule has 0 atom stereocenters. The zero-order valence-electron chi connectivity index (χ0n) is 6.42. The van der Waals surface area contributed by atoms with Gasteiger partial charge in [-0.25, -0.2) is 0 Å². The maximum Gasteiger partial charge on any atom is 0.135 e. The second-order valence-electron chi connectivity index (χ2n) is 2.56. The Balaban J connectivity index is 3.46. The quantitative estimate of drug-likeness (QED) is 0.521. The molecule has 0 saturated heterocycles. The third-order valence-electron chi connectivity index (χ3n) is 1.63. The van der Waals surface area contributed by atoms with Crippen molar-refractivity contribution in [1.29, 1.82) is 0 Å². The van der Waals surface area contributed by atoms with Crippen molar-refractivity contribution in [1.82, 2.24) is 0 Å². The van der Waals surface area contributed by atoms with Crippen molar-refractivity contribution in [2.75, 3.05) is 0 Å². The van der Waals surface area contributed by atoms with E-state index in [0.29, 0.717) is 0 Å². The van der Waals surface area contributed by atoms with Crippen LogP contribution in [0.25, 0.3) is 0 Å². The van der Waals surface area contributed by atoms with E-state index in [1.165, 1.54) is 0 Å². The van der Waals surface area contributed by atoms with Crippen LogP contribution in [0.15, 0.2) is 11.0 Å². The summed E-state index contributed by atoms with van der Waals surface area (Å²) in [7, 11) is 0. The number of hydrogen-bond donors (Lipinski definition) is 3. The summed E-state index contributed by atoms with van der Waals surface area (Å²) in [5.74, 6) is 0.105. The standard InChI is InChI=1S/C8H10O2S/c1-4-3-5(2)7(10)8(11)6(4)9/h3,9-11H,1-2H3. The first kappa shape index (κ1) is 8.27. The molecule has 0 aliphatic heterocycles. The maximum atomic E-state index is 9.28. The van der Waals surface area contributed by atoms with Crippen molar-refractivity contribution in [2.45, 2.75) is 18.7 Å². The average molecular weight is 170 g/mol. The van der Waals surface area contributed by atoms with Crippen molar-refractivity contribution in [3.63, 3.8) is 0 Å². The summed E-state index contributed by atoms with van der Waals surface area (Å²) in [6.07, 6.45) is 0. The van der Waals surface area contributed by atoms with Crippen molar-refractivity contribution in [3.05, 3.63) is 17.2 Å². The highest BCUT2D eigenvalue weighted by Gasteiger charge is 2.08. The van der Waals surface area contributed by atoms with Gasteiger partial charge in [0.2, 0.25) is 0 Å². The minimum atomic E-state index is 0.0523. The summed E-state index contributed by atoms with van der Waals surface area (Å²) < 4.78 is 0. The number of hydrogen-bond acceptors (Lipinski definition) is 3. The minimum absolute atomic E-state index is 0.0523. The molecule has 0 fully saturated rings. The summed E-state index contributed by atoms with van der Waals surface area (Å²) in [4.78, 5) is 0.252. The molecule has 60 valence electrons. The summed E-state index contributed by atoms with van der Waals surface area (Å²) in [5, 5.41) is 18.6. The number of phenols is 2. The predicted octanol–water partition coefficient (Wildman–Crippen LogP) is 2.00. The number of thiol groups is 1. The van der Waals surface area contributed by atoms with E-state index >= 15 is 0 Å². The van der Waals surface area contributed by atoms with Gasteiger partial charge in [0.25, 0.3) is 0 Å². The highest BCUT2D eigenvalue weighted by atomic mass is 32.1. The van der Waals surface area contributed by atoms with E-state index in [2.05, 4.69) is 12.6 Å². The highest BCUT2D eigenvalue weighted by molar-refractivity contribution is 7.80. The molecular weight excluding hydrogens is 160 g/mol. The molecule has 0 amide bonds. The number of rotatable bonds is 0. The van der Waals surface area contributed by atoms with Gasteiger partial charge in [0.05, 0.1) is 4.90 Å². The van der Waals surface area contributed by atoms with Crippen LogP contribution in [0.1, 0.15) is 11.1 Å². The summed E-state index contributed by atoms with van der Waals surface area (Å²) in [6.45, 7) is 3.53. The molecule has 0 unspecified atom stereocenters. The smallest absolute Gasteiger partial charge is 0.135 e. The fraction of sp³-hybridized carbons (Fsp3) is 0.250. The largest absolute Gasteiger partial charge is 0.506 e. The van der Waals surface area contributed by atoms with Gasteiger partial charge in [0.15, 0.2) is 0 Å². The first-order valence-electron chi connectivity index (χ1n) is 3.25. The van der Waals surface area contributed by atoms with E-state index in [0.717, 1.165) is 11.1 Å². The molecule has 0 saturated carbocycles. The Morgan fingerprint density at radius 1 is 1.09 bits per heavy atom. The van der Waals surface area contributed by atoms with Gasteiger partial charge in [-0.3, -0.25) is 0 Å². The first-order chi connectivity index (χ1) is 5.04. The second-order valence-corrected chi connectivity index (χ2v) is 3.00. The zero-order chi connectivity index (χ0) is 8.59. The van der Waals surface area contributed by atoms with Crippen molar-refractivity contribution < 1.29 is 10.2 Å². The lowest BCUT2D eigenvalue weighted by molar-refractivity contribution is 0.423. The summed E-state index contributed by atoms with van der Waals surface area (Å²) >= 11 is 3.95. The third-order valence-corrected chi connectivity index (χ3v) is 2.05. The minimum Gasteiger partial charge on any atom is -0.506 e. The van der Waals surface area contributed by atoms with Crippen molar-refractivity contribution in [2.24, 2.45) is 0 Å². The lowest BCUT2D eigenvalue weighted by Crippen LogP contribution is -1.82. The molecular formula is C8H10O2S. The Morgan fingerprint density at radius 2 is 1.45 bits per heavy atom. The molecule has 0 bridgehead atoms. The summed E-state index contributed by atoms with van der Waals surface area (Å²) in [5.41, 5.74) is 1.45. The maximum absolute atomic E-state index is 9.28. The van der Waals surface area contributed by atoms with Crippen LogP contribution in [-0.4, -0.2) is 10.2 Å². The molecule has 1 aromatic carbocycles. The van der Waals surface area contributed by atoms with Gasteiger partial charge in [0.1, 0.15) is 11.5 Å². The third kappa shape index (κ3) is 1.28. The zero-order valence-corrected chi connectivity index (χ0v) is 7.31. The molecule has 11 heavy (non-hydrogen) atoms. The molecule has 0 spiro atoms. The number of aromatic hydroxyl groups is 2. The Labute approximate surface area is 70.9 Å².